The van der Waals surface area contributed by atoms with Crippen LogP contribution in [0.5, 0.6) is 11.5 Å². The lowest BCUT2D eigenvalue weighted by atomic mass is 9.95. The summed E-state index contributed by atoms with van der Waals surface area (Å²) in [5, 5.41) is 0. The standard InChI is InChI=1S/C26H29NO3/c1-20(24-15-14-23(29-2)17-25(24)30-3)16-26(28)27(18-21-10-6-4-7-11-21)19-22-12-8-5-9-13-22/h4-15,17,20H,16,18-19H2,1-3H3. The largest absolute Gasteiger partial charge is 0.497 e. The topological polar surface area (TPSA) is 38.8 Å². The molecule has 0 saturated heterocycles. The Labute approximate surface area is 179 Å². The van der Waals surface area contributed by atoms with E-state index in [-0.39, 0.29) is 11.8 Å². The molecule has 0 aliphatic rings. The summed E-state index contributed by atoms with van der Waals surface area (Å²) in [4.78, 5) is 15.2. The highest BCUT2D eigenvalue weighted by atomic mass is 16.5. The Bertz CT molecular complexity index is 900. The van der Waals surface area contributed by atoms with Gasteiger partial charge in [0.15, 0.2) is 0 Å². The summed E-state index contributed by atoms with van der Waals surface area (Å²) in [6.45, 7) is 3.23. The first-order valence-electron chi connectivity index (χ1n) is 10.2. The first-order valence-corrected chi connectivity index (χ1v) is 10.2. The lowest BCUT2D eigenvalue weighted by Crippen LogP contribution is -2.31. The molecule has 0 aliphatic carbocycles. The van der Waals surface area contributed by atoms with Crippen molar-refractivity contribution in [3.05, 3.63) is 95.6 Å². The van der Waals surface area contributed by atoms with Crippen LogP contribution in [0.15, 0.2) is 78.9 Å². The van der Waals surface area contributed by atoms with Gasteiger partial charge in [0.2, 0.25) is 5.91 Å². The molecule has 0 aromatic heterocycles. The highest BCUT2D eigenvalue weighted by molar-refractivity contribution is 5.77. The minimum atomic E-state index is 0.0207. The molecular formula is C26H29NO3. The van der Waals surface area contributed by atoms with Gasteiger partial charge in [-0.3, -0.25) is 4.79 Å². The second-order valence-electron chi connectivity index (χ2n) is 7.43. The monoisotopic (exact) mass is 403 g/mol. The Morgan fingerprint density at radius 1 is 0.833 bits per heavy atom. The third-order valence-corrected chi connectivity index (χ3v) is 5.24. The number of amides is 1. The fraction of sp³-hybridized carbons (Fsp3) is 0.269. The van der Waals surface area contributed by atoms with Crippen LogP contribution in [0.25, 0.3) is 0 Å². The van der Waals surface area contributed by atoms with E-state index in [1.807, 2.05) is 59.5 Å². The van der Waals surface area contributed by atoms with Crippen molar-refractivity contribution in [1.82, 2.24) is 4.90 Å². The zero-order valence-electron chi connectivity index (χ0n) is 17.9. The highest BCUT2D eigenvalue weighted by Gasteiger charge is 2.21. The van der Waals surface area contributed by atoms with Gasteiger partial charge in [-0.2, -0.15) is 0 Å². The molecule has 1 amide bonds. The quantitative estimate of drug-likeness (QED) is 0.478. The minimum Gasteiger partial charge on any atom is -0.497 e. The predicted molar refractivity (Wildman–Crippen MR) is 120 cm³/mol. The van der Waals surface area contributed by atoms with Crippen molar-refractivity contribution in [3.8, 4) is 11.5 Å². The molecule has 0 radical (unpaired) electrons. The van der Waals surface area contributed by atoms with E-state index in [4.69, 9.17) is 9.47 Å². The molecule has 4 nitrogen and oxygen atoms in total. The first kappa shape index (κ1) is 21.4. The van der Waals surface area contributed by atoms with Gasteiger partial charge in [-0.1, -0.05) is 73.7 Å². The SMILES string of the molecule is COc1ccc(C(C)CC(=O)N(Cc2ccccc2)Cc2ccccc2)c(OC)c1. The summed E-state index contributed by atoms with van der Waals surface area (Å²) in [6.07, 6.45) is 0.405. The van der Waals surface area contributed by atoms with Crippen molar-refractivity contribution in [2.75, 3.05) is 14.2 Å². The van der Waals surface area contributed by atoms with Crippen LogP contribution in [0, 0.1) is 0 Å². The molecule has 0 bridgehead atoms. The van der Waals surface area contributed by atoms with Gasteiger partial charge in [-0.15, -0.1) is 0 Å². The van der Waals surface area contributed by atoms with E-state index in [0.29, 0.717) is 19.5 Å². The number of carbonyl (C=O) groups is 1. The lowest BCUT2D eigenvalue weighted by molar-refractivity contribution is -0.132. The number of methoxy groups -OCH3 is 2. The van der Waals surface area contributed by atoms with Gasteiger partial charge >= 0.3 is 0 Å². The van der Waals surface area contributed by atoms with E-state index in [0.717, 1.165) is 28.2 Å². The second kappa shape index (κ2) is 10.5. The normalized spacial score (nSPS) is 11.6. The highest BCUT2D eigenvalue weighted by Crippen LogP contribution is 2.32. The van der Waals surface area contributed by atoms with Gasteiger partial charge in [0.25, 0.3) is 0 Å². The van der Waals surface area contributed by atoms with Gasteiger partial charge in [0.1, 0.15) is 11.5 Å². The minimum absolute atomic E-state index is 0.0207. The Hall–Kier alpha value is -3.27. The van der Waals surface area contributed by atoms with Crippen molar-refractivity contribution in [2.24, 2.45) is 0 Å². The first-order chi connectivity index (χ1) is 14.6. The van der Waals surface area contributed by atoms with E-state index in [2.05, 4.69) is 31.2 Å². The van der Waals surface area contributed by atoms with Gasteiger partial charge in [-0.05, 0) is 28.7 Å². The lowest BCUT2D eigenvalue weighted by Gasteiger charge is -2.25. The average Bonchev–Trinajstić information content (AvgIpc) is 2.79. The van der Waals surface area contributed by atoms with Crippen molar-refractivity contribution < 1.29 is 14.3 Å². The van der Waals surface area contributed by atoms with Crippen LogP contribution in [-0.4, -0.2) is 25.0 Å². The number of nitrogens with zero attached hydrogens (tertiary/aromatic N) is 1. The summed E-state index contributed by atoms with van der Waals surface area (Å²) < 4.78 is 10.8. The molecule has 4 heteroatoms. The summed E-state index contributed by atoms with van der Waals surface area (Å²) in [7, 11) is 3.27. The molecule has 3 aromatic rings. The van der Waals surface area contributed by atoms with E-state index in [1.165, 1.54) is 0 Å². The zero-order chi connectivity index (χ0) is 21.3. The van der Waals surface area contributed by atoms with Crippen molar-refractivity contribution in [3.63, 3.8) is 0 Å². The second-order valence-corrected chi connectivity index (χ2v) is 7.43. The average molecular weight is 404 g/mol. The maximum absolute atomic E-state index is 13.3. The third kappa shape index (κ3) is 5.63. The molecule has 0 spiro atoms. The molecule has 0 heterocycles. The summed E-state index contributed by atoms with van der Waals surface area (Å²) in [5.41, 5.74) is 3.25. The van der Waals surface area contributed by atoms with Crippen LogP contribution >= 0.6 is 0 Å². The van der Waals surface area contributed by atoms with E-state index >= 15 is 0 Å². The summed E-state index contributed by atoms with van der Waals surface area (Å²) in [6, 6.07) is 26.0. The van der Waals surface area contributed by atoms with Crippen molar-refractivity contribution >= 4 is 5.91 Å². The number of benzene rings is 3. The zero-order valence-corrected chi connectivity index (χ0v) is 17.9. The summed E-state index contributed by atoms with van der Waals surface area (Å²) >= 11 is 0. The Balaban J connectivity index is 1.78. The van der Waals surface area contributed by atoms with E-state index < -0.39 is 0 Å². The van der Waals surface area contributed by atoms with E-state index in [9.17, 15) is 4.79 Å². The molecule has 0 fully saturated rings. The van der Waals surface area contributed by atoms with Crippen LogP contribution in [0.2, 0.25) is 0 Å². The Kier molecular flexibility index (Phi) is 7.50. The van der Waals surface area contributed by atoms with Crippen LogP contribution in [0.1, 0.15) is 36.0 Å². The molecule has 30 heavy (non-hydrogen) atoms. The van der Waals surface area contributed by atoms with Gasteiger partial charge in [0, 0.05) is 25.6 Å². The Morgan fingerprint density at radius 3 is 1.90 bits per heavy atom. The van der Waals surface area contributed by atoms with Gasteiger partial charge in [-0.25, -0.2) is 0 Å². The number of hydrogen-bond donors (Lipinski definition) is 0. The third-order valence-electron chi connectivity index (χ3n) is 5.24. The molecule has 0 aliphatic heterocycles. The fourth-order valence-corrected chi connectivity index (χ4v) is 3.57. The predicted octanol–water partition coefficient (Wildman–Crippen LogP) is 5.43. The van der Waals surface area contributed by atoms with Crippen LogP contribution in [0.4, 0.5) is 0 Å². The number of carbonyl (C=O) groups excluding carboxylic acids is 1. The fourth-order valence-electron chi connectivity index (χ4n) is 3.57. The number of ether oxygens (including phenoxy) is 2. The van der Waals surface area contributed by atoms with Crippen molar-refractivity contribution in [1.29, 1.82) is 0 Å². The smallest absolute Gasteiger partial charge is 0.223 e. The Morgan fingerprint density at radius 2 is 1.40 bits per heavy atom. The van der Waals surface area contributed by atoms with Crippen LogP contribution in [-0.2, 0) is 17.9 Å². The molecule has 1 atom stereocenters. The van der Waals surface area contributed by atoms with Crippen LogP contribution in [0.3, 0.4) is 0 Å². The van der Waals surface area contributed by atoms with E-state index in [1.54, 1.807) is 14.2 Å². The molecule has 156 valence electrons. The van der Waals surface area contributed by atoms with Gasteiger partial charge in [0.05, 0.1) is 14.2 Å². The molecule has 0 saturated carbocycles. The molecule has 0 N–H and O–H groups in total. The summed E-state index contributed by atoms with van der Waals surface area (Å²) in [5.74, 6) is 1.62. The number of hydrogen-bond acceptors (Lipinski definition) is 3. The molecule has 3 rings (SSSR count). The molecular weight excluding hydrogens is 374 g/mol. The number of rotatable bonds is 9. The van der Waals surface area contributed by atoms with Crippen LogP contribution < -0.4 is 9.47 Å². The molecule has 3 aromatic carbocycles. The molecule has 1 unspecified atom stereocenters. The maximum Gasteiger partial charge on any atom is 0.223 e. The van der Waals surface area contributed by atoms with Gasteiger partial charge < -0.3 is 14.4 Å². The maximum atomic E-state index is 13.3. The van der Waals surface area contributed by atoms with Crippen molar-refractivity contribution in [2.45, 2.75) is 32.4 Å².